The van der Waals surface area contributed by atoms with Crippen LogP contribution in [0.15, 0.2) is 94.7 Å². The number of ether oxygens (including phenoxy) is 1. The number of benzene rings is 3. The third-order valence-electron chi connectivity index (χ3n) is 6.72. The number of carbonyl (C=O) groups is 3. The van der Waals surface area contributed by atoms with Crippen molar-refractivity contribution < 1.29 is 24.0 Å². The number of aryl methyl sites for hydroxylation is 1. The van der Waals surface area contributed by atoms with Gasteiger partial charge in [0.15, 0.2) is 0 Å². The molecular formula is C32H29N5O6S. The number of nitriles is 1. The number of thioether (sulfide) groups is 1. The number of amides is 2. The Morgan fingerprint density at radius 1 is 1.05 bits per heavy atom. The first kappa shape index (κ1) is 31.5. The highest BCUT2D eigenvalue weighted by Gasteiger charge is 2.35. The van der Waals surface area contributed by atoms with E-state index in [9.17, 15) is 29.8 Å². The number of nitro groups is 1. The number of nitrogens with zero attached hydrogens (tertiary/aromatic N) is 2. The van der Waals surface area contributed by atoms with Crippen LogP contribution >= 0.6 is 11.8 Å². The SMILES string of the molecule is CCOC(=O)c1ccc(NC(=O)C2=C(C)NC(SCC(=O)Nc3ccc([N+](=O)[O-])cc3C)=C(C#N)C2c2ccccc2)cc1. The lowest BCUT2D eigenvalue weighted by Crippen LogP contribution is -2.31. The van der Waals surface area contributed by atoms with Crippen LogP contribution in [0.3, 0.4) is 0 Å². The Kier molecular flexibility index (Phi) is 10.2. The maximum absolute atomic E-state index is 13.7. The second kappa shape index (κ2) is 14.2. The largest absolute Gasteiger partial charge is 0.462 e. The van der Waals surface area contributed by atoms with E-state index in [4.69, 9.17) is 4.74 Å². The van der Waals surface area contributed by atoms with Gasteiger partial charge < -0.3 is 20.7 Å². The van der Waals surface area contributed by atoms with Crippen molar-refractivity contribution >= 4 is 46.6 Å². The van der Waals surface area contributed by atoms with Crippen molar-refractivity contribution in [3.8, 4) is 6.07 Å². The molecule has 224 valence electrons. The summed E-state index contributed by atoms with van der Waals surface area (Å²) in [6.07, 6.45) is 0. The summed E-state index contributed by atoms with van der Waals surface area (Å²) in [4.78, 5) is 49.0. The van der Waals surface area contributed by atoms with Crippen molar-refractivity contribution in [3.63, 3.8) is 0 Å². The van der Waals surface area contributed by atoms with Gasteiger partial charge in [0.1, 0.15) is 0 Å². The Hall–Kier alpha value is -5.41. The number of anilines is 2. The van der Waals surface area contributed by atoms with Gasteiger partial charge in [0.05, 0.1) is 45.4 Å². The molecule has 1 unspecified atom stereocenters. The van der Waals surface area contributed by atoms with E-state index < -0.39 is 22.7 Å². The molecule has 0 aromatic heterocycles. The van der Waals surface area contributed by atoms with Crippen molar-refractivity contribution in [1.82, 2.24) is 5.32 Å². The number of dihydropyridines is 1. The molecule has 2 amide bonds. The van der Waals surface area contributed by atoms with Crippen LogP contribution < -0.4 is 16.0 Å². The molecule has 0 bridgehead atoms. The molecule has 1 heterocycles. The topological polar surface area (TPSA) is 163 Å². The van der Waals surface area contributed by atoms with Crippen LogP contribution in [-0.2, 0) is 14.3 Å². The molecular weight excluding hydrogens is 582 g/mol. The van der Waals surface area contributed by atoms with Gasteiger partial charge in [-0.3, -0.25) is 19.7 Å². The van der Waals surface area contributed by atoms with Crippen LogP contribution in [0.25, 0.3) is 0 Å². The Morgan fingerprint density at radius 3 is 2.36 bits per heavy atom. The zero-order valence-electron chi connectivity index (χ0n) is 24.2. The fraction of sp³-hybridized carbons (Fsp3) is 0.188. The zero-order valence-corrected chi connectivity index (χ0v) is 25.0. The number of non-ortho nitro benzene ring substituents is 1. The number of carbonyl (C=O) groups excluding carboxylic acids is 3. The van der Waals surface area contributed by atoms with Crippen LogP contribution in [0.2, 0.25) is 0 Å². The summed E-state index contributed by atoms with van der Waals surface area (Å²) in [5.41, 5.74) is 3.55. The van der Waals surface area contributed by atoms with E-state index in [1.165, 1.54) is 18.2 Å². The highest BCUT2D eigenvalue weighted by Crippen LogP contribution is 2.41. The number of hydrogen-bond acceptors (Lipinski definition) is 9. The Labute approximate surface area is 258 Å². The third kappa shape index (κ3) is 7.32. The van der Waals surface area contributed by atoms with Gasteiger partial charge in [-0.15, -0.1) is 0 Å². The van der Waals surface area contributed by atoms with Gasteiger partial charge in [-0.2, -0.15) is 5.26 Å². The summed E-state index contributed by atoms with van der Waals surface area (Å²) < 4.78 is 5.01. The van der Waals surface area contributed by atoms with Crippen molar-refractivity contribution in [3.05, 3.63) is 121 Å². The smallest absolute Gasteiger partial charge is 0.338 e. The molecule has 3 N–H and O–H groups in total. The number of esters is 1. The van der Waals surface area contributed by atoms with Gasteiger partial charge in [-0.05, 0) is 62.2 Å². The van der Waals surface area contributed by atoms with Gasteiger partial charge in [0, 0.05) is 34.8 Å². The Morgan fingerprint density at radius 2 is 1.75 bits per heavy atom. The molecule has 4 rings (SSSR count). The number of rotatable bonds is 10. The minimum Gasteiger partial charge on any atom is -0.462 e. The Balaban J connectivity index is 1.56. The molecule has 0 fully saturated rings. The van der Waals surface area contributed by atoms with E-state index in [2.05, 4.69) is 22.0 Å². The van der Waals surface area contributed by atoms with Gasteiger partial charge in [0.25, 0.3) is 11.6 Å². The summed E-state index contributed by atoms with van der Waals surface area (Å²) in [6, 6.07) is 21.8. The maximum Gasteiger partial charge on any atom is 0.338 e. The van der Waals surface area contributed by atoms with E-state index in [1.54, 1.807) is 45.0 Å². The molecule has 12 heteroatoms. The lowest BCUT2D eigenvalue weighted by molar-refractivity contribution is -0.384. The van der Waals surface area contributed by atoms with E-state index in [0.29, 0.717) is 38.8 Å². The number of nitrogens with one attached hydrogen (secondary N) is 3. The summed E-state index contributed by atoms with van der Waals surface area (Å²) in [5, 5.41) is 30.5. The van der Waals surface area contributed by atoms with Gasteiger partial charge in [0.2, 0.25) is 5.91 Å². The summed E-state index contributed by atoms with van der Waals surface area (Å²) in [6.45, 7) is 5.35. The highest BCUT2D eigenvalue weighted by atomic mass is 32.2. The monoisotopic (exact) mass is 611 g/mol. The van der Waals surface area contributed by atoms with Crippen LogP contribution in [0.1, 0.15) is 41.3 Å². The van der Waals surface area contributed by atoms with Crippen molar-refractivity contribution in [1.29, 1.82) is 5.26 Å². The molecule has 0 saturated heterocycles. The zero-order chi connectivity index (χ0) is 31.8. The highest BCUT2D eigenvalue weighted by molar-refractivity contribution is 8.03. The molecule has 3 aromatic rings. The lowest BCUT2D eigenvalue weighted by atomic mass is 9.82. The van der Waals surface area contributed by atoms with Gasteiger partial charge in [-0.1, -0.05) is 42.1 Å². The molecule has 0 saturated carbocycles. The second-order valence-electron chi connectivity index (χ2n) is 9.71. The van der Waals surface area contributed by atoms with Gasteiger partial charge in [-0.25, -0.2) is 4.79 Å². The van der Waals surface area contributed by atoms with Crippen LogP contribution in [0.4, 0.5) is 17.1 Å². The fourth-order valence-electron chi connectivity index (χ4n) is 4.63. The minimum atomic E-state index is -0.719. The van der Waals surface area contributed by atoms with Gasteiger partial charge >= 0.3 is 5.97 Å². The molecule has 1 aliphatic heterocycles. The quantitative estimate of drug-likeness (QED) is 0.146. The molecule has 1 aliphatic rings. The molecule has 0 radical (unpaired) electrons. The predicted molar refractivity (Wildman–Crippen MR) is 168 cm³/mol. The number of hydrogen-bond donors (Lipinski definition) is 3. The van der Waals surface area contributed by atoms with E-state index >= 15 is 0 Å². The molecule has 0 aliphatic carbocycles. The average molecular weight is 612 g/mol. The summed E-state index contributed by atoms with van der Waals surface area (Å²) >= 11 is 1.12. The van der Waals surface area contributed by atoms with Crippen LogP contribution in [0.5, 0.6) is 0 Å². The molecule has 0 spiro atoms. The van der Waals surface area contributed by atoms with E-state index in [1.807, 2.05) is 30.3 Å². The molecule has 44 heavy (non-hydrogen) atoms. The molecule has 1 atom stereocenters. The normalized spacial score (nSPS) is 14.3. The van der Waals surface area contributed by atoms with Crippen LogP contribution in [-0.4, -0.2) is 35.1 Å². The first-order chi connectivity index (χ1) is 21.1. The number of allylic oxidation sites excluding steroid dienone is 2. The minimum absolute atomic E-state index is 0.0624. The molecule has 3 aromatic carbocycles. The maximum atomic E-state index is 13.7. The lowest BCUT2D eigenvalue weighted by Gasteiger charge is -2.30. The second-order valence-corrected chi connectivity index (χ2v) is 10.7. The molecule has 11 nitrogen and oxygen atoms in total. The summed E-state index contributed by atoms with van der Waals surface area (Å²) in [5.74, 6) is -2.05. The third-order valence-corrected chi connectivity index (χ3v) is 7.74. The first-order valence-corrected chi connectivity index (χ1v) is 14.5. The standard InChI is InChI=1S/C32H29N5O6S/c1-4-43-32(40)22-10-12-23(13-11-22)35-30(39)28-20(3)34-31(25(17-33)29(28)21-8-6-5-7-9-21)44-18-27(38)36-26-15-14-24(37(41)42)16-19(26)2/h5-16,29,34H,4,18H2,1-3H3,(H,35,39)(H,36,38). The van der Waals surface area contributed by atoms with E-state index in [0.717, 1.165) is 17.3 Å². The first-order valence-electron chi connectivity index (χ1n) is 13.6. The average Bonchev–Trinajstić information content (AvgIpc) is 3.01. The van der Waals surface area contributed by atoms with Crippen LogP contribution in [0, 0.1) is 28.4 Å². The number of nitro benzene ring substituents is 1. The predicted octanol–water partition coefficient (Wildman–Crippen LogP) is 5.79. The summed E-state index contributed by atoms with van der Waals surface area (Å²) in [7, 11) is 0. The Bertz CT molecular complexity index is 1710. The van der Waals surface area contributed by atoms with Crippen molar-refractivity contribution in [2.75, 3.05) is 23.0 Å². The van der Waals surface area contributed by atoms with E-state index in [-0.39, 0.29) is 29.5 Å². The van der Waals surface area contributed by atoms with Crippen molar-refractivity contribution in [2.24, 2.45) is 0 Å². The van der Waals surface area contributed by atoms with Crippen molar-refractivity contribution in [2.45, 2.75) is 26.7 Å². The fourth-order valence-corrected chi connectivity index (χ4v) is 5.53.